The van der Waals surface area contributed by atoms with Gasteiger partial charge in [0.25, 0.3) is 0 Å². The van der Waals surface area contributed by atoms with Crippen LogP contribution in [0.5, 0.6) is 0 Å². The van der Waals surface area contributed by atoms with Crippen molar-refractivity contribution in [2.45, 2.75) is 207 Å². The lowest BCUT2D eigenvalue weighted by molar-refractivity contribution is -0.166. The minimum absolute atomic E-state index is 0.151. The highest BCUT2D eigenvalue weighted by molar-refractivity contribution is 5.71. The van der Waals surface area contributed by atoms with E-state index in [-0.39, 0.29) is 44.4 Å². The van der Waals surface area contributed by atoms with Gasteiger partial charge in [0.15, 0.2) is 6.10 Å². The van der Waals surface area contributed by atoms with Gasteiger partial charge < -0.3 is 14.2 Å². The van der Waals surface area contributed by atoms with E-state index in [0.717, 1.165) is 77.0 Å². The first kappa shape index (κ1) is 60.5. The van der Waals surface area contributed by atoms with Gasteiger partial charge in [0.1, 0.15) is 13.2 Å². The zero-order valence-corrected chi connectivity index (χ0v) is 41.4. The molecular weight excluding hydrogens is 805 g/mol. The van der Waals surface area contributed by atoms with Crippen LogP contribution in [-0.2, 0) is 28.6 Å². The van der Waals surface area contributed by atoms with Crippen molar-refractivity contribution >= 4 is 17.9 Å². The van der Waals surface area contributed by atoms with Crippen LogP contribution < -0.4 is 0 Å². The van der Waals surface area contributed by atoms with E-state index in [9.17, 15) is 14.4 Å². The van der Waals surface area contributed by atoms with Crippen LogP contribution in [0.2, 0.25) is 0 Å². The number of allylic oxidation sites excluding steroid dienone is 22. The van der Waals surface area contributed by atoms with Crippen molar-refractivity contribution < 1.29 is 28.6 Å². The predicted octanol–water partition coefficient (Wildman–Crippen LogP) is 17.1. The minimum atomic E-state index is -0.856. The minimum Gasteiger partial charge on any atom is -0.462 e. The third-order valence-corrected chi connectivity index (χ3v) is 10.1. The molecule has 0 aromatic carbocycles. The Labute approximate surface area is 398 Å². The lowest BCUT2D eigenvalue weighted by Crippen LogP contribution is -2.30. The Morgan fingerprint density at radius 1 is 0.323 bits per heavy atom. The Balaban J connectivity index is 4.66. The average Bonchev–Trinajstić information content (AvgIpc) is 3.30. The van der Waals surface area contributed by atoms with Crippen LogP contribution in [0.4, 0.5) is 0 Å². The highest BCUT2D eigenvalue weighted by atomic mass is 16.6. The largest absolute Gasteiger partial charge is 0.462 e. The second-order valence-electron chi connectivity index (χ2n) is 16.3. The molecule has 0 saturated carbocycles. The van der Waals surface area contributed by atoms with Gasteiger partial charge >= 0.3 is 17.9 Å². The molecule has 0 bridgehead atoms. The second-order valence-corrected chi connectivity index (χ2v) is 16.3. The van der Waals surface area contributed by atoms with Crippen LogP contribution in [0, 0.1) is 0 Å². The molecule has 0 heterocycles. The normalized spacial score (nSPS) is 13.2. The lowest BCUT2D eigenvalue weighted by atomic mass is 10.1. The molecule has 0 aliphatic heterocycles. The summed E-state index contributed by atoms with van der Waals surface area (Å²) in [6.45, 7) is 6.31. The molecule has 1 unspecified atom stereocenters. The Bertz CT molecular complexity index is 1450. The quantitative estimate of drug-likeness (QED) is 0.0262. The fraction of sp³-hybridized carbons (Fsp3) is 0.576. The number of carbonyl (C=O) groups is 3. The molecule has 0 spiro atoms. The van der Waals surface area contributed by atoms with Crippen molar-refractivity contribution in [2.75, 3.05) is 13.2 Å². The van der Waals surface area contributed by atoms with Crippen LogP contribution >= 0.6 is 0 Å². The van der Waals surface area contributed by atoms with Crippen molar-refractivity contribution in [3.63, 3.8) is 0 Å². The molecule has 0 aromatic heterocycles. The van der Waals surface area contributed by atoms with Crippen LogP contribution in [0.15, 0.2) is 134 Å². The lowest BCUT2D eigenvalue weighted by Gasteiger charge is -2.18. The van der Waals surface area contributed by atoms with Crippen molar-refractivity contribution in [1.29, 1.82) is 0 Å². The standard InChI is InChI=1S/C59H92O6/c1-4-7-10-13-16-19-22-25-27-29-31-34-37-40-43-46-49-52-58(61)64-55-56(54-63-57(60)51-48-45-42-39-36-33-24-21-18-15-12-9-6-3)65-59(62)53-50-47-44-41-38-35-32-30-28-26-23-20-17-14-11-8-5-2/h7,10,16-17,19-20,25-28,31-36,40-45,56H,4-6,8-9,11-15,18,21-24,29-30,37-39,46-55H2,1-3H3/b10-7+,19-16+,20-17+,27-25+,28-26+,34-31+,35-32+,36-33+,43-40+,44-41+,45-42+. The van der Waals surface area contributed by atoms with E-state index >= 15 is 0 Å². The van der Waals surface area contributed by atoms with E-state index in [1.807, 2.05) is 6.08 Å². The van der Waals surface area contributed by atoms with E-state index in [1.165, 1.54) is 64.2 Å². The number of esters is 3. The topological polar surface area (TPSA) is 78.9 Å². The van der Waals surface area contributed by atoms with Gasteiger partial charge in [-0.05, 0) is 116 Å². The molecule has 6 nitrogen and oxygen atoms in total. The molecule has 6 heteroatoms. The van der Waals surface area contributed by atoms with Crippen molar-refractivity contribution in [3.8, 4) is 0 Å². The molecule has 0 fully saturated rings. The monoisotopic (exact) mass is 897 g/mol. The molecule has 0 aromatic rings. The van der Waals surface area contributed by atoms with Gasteiger partial charge in [0.05, 0.1) is 0 Å². The number of hydrogen-bond acceptors (Lipinski definition) is 6. The van der Waals surface area contributed by atoms with Gasteiger partial charge in [-0.1, -0.05) is 199 Å². The summed E-state index contributed by atoms with van der Waals surface area (Å²) in [5.41, 5.74) is 0. The molecule has 0 N–H and O–H groups in total. The summed E-state index contributed by atoms with van der Waals surface area (Å²) in [6, 6.07) is 0. The highest BCUT2D eigenvalue weighted by Gasteiger charge is 2.19. The van der Waals surface area contributed by atoms with Crippen LogP contribution in [-0.4, -0.2) is 37.2 Å². The van der Waals surface area contributed by atoms with Gasteiger partial charge in [0, 0.05) is 19.3 Å². The van der Waals surface area contributed by atoms with Gasteiger partial charge in [-0.25, -0.2) is 0 Å². The summed E-state index contributed by atoms with van der Waals surface area (Å²) in [7, 11) is 0. The van der Waals surface area contributed by atoms with Crippen LogP contribution in [0.25, 0.3) is 0 Å². The first-order chi connectivity index (χ1) is 32.0. The first-order valence-corrected chi connectivity index (χ1v) is 25.7. The number of hydrogen-bond donors (Lipinski definition) is 0. The molecular formula is C59H92O6. The number of ether oxygens (including phenoxy) is 3. The SMILES string of the molecule is CC/C=C/C/C=C/C/C=C/C/C=C/C/C=C/CCCC(=O)OCC(COC(=O)CC/C=C/C/C=C/CCCCCCCC)OC(=O)CCC/C=C/C/C=C/C/C=C/C/C=C/CCCCC. The fourth-order valence-electron chi connectivity index (χ4n) is 6.29. The molecule has 0 aliphatic carbocycles. The molecule has 0 radical (unpaired) electrons. The van der Waals surface area contributed by atoms with Crippen molar-refractivity contribution in [1.82, 2.24) is 0 Å². The zero-order valence-electron chi connectivity index (χ0n) is 41.4. The number of unbranched alkanes of at least 4 members (excludes halogenated alkanes) is 11. The molecule has 0 saturated heterocycles. The van der Waals surface area contributed by atoms with Gasteiger partial charge in [-0.2, -0.15) is 0 Å². The molecule has 1 atom stereocenters. The van der Waals surface area contributed by atoms with E-state index in [0.29, 0.717) is 19.3 Å². The number of rotatable bonds is 44. The molecule has 364 valence electrons. The van der Waals surface area contributed by atoms with Crippen LogP contribution in [0.3, 0.4) is 0 Å². The summed E-state index contributed by atoms with van der Waals surface area (Å²) in [5.74, 6) is -1.14. The Morgan fingerprint density at radius 3 is 1.06 bits per heavy atom. The molecule has 0 aliphatic rings. The fourth-order valence-corrected chi connectivity index (χ4v) is 6.29. The van der Waals surface area contributed by atoms with Gasteiger partial charge in [-0.15, -0.1) is 0 Å². The van der Waals surface area contributed by atoms with Gasteiger partial charge in [0.2, 0.25) is 0 Å². The third-order valence-electron chi connectivity index (χ3n) is 10.1. The van der Waals surface area contributed by atoms with Crippen molar-refractivity contribution in [2.24, 2.45) is 0 Å². The molecule has 0 rings (SSSR count). The second kappa shape index (κ2) is 52.2. The van der Waals surface area contributed by atoms with Crippen LogP contribution in [0.1, 0.15) is 201 Å². The number of carbonyl (C=O) groups excluding carboxylic acids is 3. The smallest absolute Gasteiger partial charge is 0.306 e. The van der Waals surface area contributed by atoms with E-state index in [1.54, 1.807) is 0 Å². The summed E-state index contributed by atoms with van der Waals surface area (Å²) >= 11 is 0. The summed E-state index contributed by atoms with van der Waals surface area (Å²) in [5, 5.41) is 0. The predicted molar refractivity (Wildman–Crippen MR) is 279 cm³/mol. The molecule has 0 amide bonds. The first-order valence-electron chi connectivity index (χ1n) is 25.7. The zero-order chi connectivity index (χ0) is 47.2. The highest BCUT2D eigenvalue weighted by Crippen LogP contribution is 2.10. The maximum atomic E-state index is 12.8. The average molecular weight is 897 g/mol. The maximum absolute atomic E-state index is 12.8. The van der Waals surface area contributed by atoms with E-state index in [4.69, 9.17) is 14.2 Å². The summed E-state index contributed by atoms with van der Waals surface area (Å²) in [4.78, 5) is 37.9. The Morgan fingerprint density at radius 2 is 0.631 bits per heavy atom. The Hall–Kier alpha value is -4.45. The third kappa shape index (κ3) is 50.4. The summed E-state index contributed by atoms with van der Waals surface area (Å²) in [6.07, 6.45) is 73.1. The Kier molecular flexibility index (Phi) is 48.6. The van der Waals surface area contributed by atoms with E-state index < -0.39 is 12.1 Å². The van der Waals surface area contributed by atoms with Crippen molar-refractivity contribution in [3.05, 3.63) is 134 Å². The molecule has 65 heavy (non-hydrogen) atoms. The maximum Gasteiger partial charge on any atom is 0.306 e. The summed E-state index contributed by atoms with van der Waals surface area (Å²) < 4.78 is 16.6. The van der Waals surface area contributed by atoms with Gasteiger partial charge in [-0.3, -0.25) is 14.4 Å². The van der Waals surface area contributed by atoms with E-state index in [2.05, 4.69) is 148 Å².